The molecule has 0 radical (unpaired) electrons. The van der Waals surface area contributed by atoms with E-state index in [1.165, 1.54) is 31.3 Å². The molecule has 0 heterocycles. The molecule has 1 fully saturated rings. The second-order valence-corrected chi connectivity index (χ2v) is 6.74. The van der Waals surface area contributed by atoms with Gasteiger partial charge in [0.2, 0.25) is 11.8 Å². The maximum absolute atomic E-state index is 12.0. The molecule has 21 heavy (non-hydrogen) atoms. The summed E-state index contributed by atoms with van der Waals surface area (Å²) in [5, 5.41) is 5.89. The molecule has 2 unspecified atom stereocenters. The first-order valence-electron chi connectivity index (χ1n) is 8.31. The van der Waals surface area contributed by atoms with Crippen LogP contribution >= 0.6 is 0 Å². The molecule has 0 aromatic heterocycles. The molecule has 0 saturated heterocycles. The number of hydrogen-bond acceptors (Lipinski definition) is 2. The summed E-state index contributed by atoms with van der Waals surface area (Å²) in [6.45, 7) is 5.54. The van der Waals surface area contributed by atoms with Crippen molar-refractivity contribution in [3.05, 3.63) is 11.6 Å². The topological polar surface area (TPSA) is 58.2 Å². The van der Waals surface area contributed by atoms with Crippen molar-refractivity contribution in [1.82, 2.24) is 10.6 Å². The second-order valence-electron chi connectivity index (χ2n) is 6.74. The maximum Gasteiger partial charge on any atom is 0.223 e. The molecule has 118 valence electrons. The van der Waals surface area contributed by atoms with Gasteiger partial charge in [-0.2, -0.15) is 0 Å². The molecular weight excluding hydrogens is 264 g/mol. The lowest BCUT2D eigenvalue weighted by Gasteiger charge is -2.13. The van der Waals surface area contributed by atoms with Crippen LogP contribution in [-0.2, 0) is 9.59 Å². The van der Waals surface area contributed by atoms with Gasteiger partial charge in [0.25, 0.3) is 0 Å². The van der Waals surface area contributed by atoms with Gasteiger partial charge >= 0.3 is 0 Å². The Hall–Kier alpha value is -1.32. The quantitative estimate of drug-likeness (QED) is 0.708. The van der Waals surface area contributed by atoms with Gasteiger partial charge in [-0.25, -0.2) is 0 Å². The van der Waals surface area contributed by atoms with Crippen molar-refractivity contribution < 1.29 is 9.59 Å². The molecule has 2 aliphatic carbocycles. The van der Waals surface area contributed by atoms with Crippen molar-refractivity contribution in [3.63, 3.8) is 0 Å². The van der Waals surface area contributed by atoms with Gasteiger partial charge in [0, 0.05) is 13.1 Å². The fourth-order valence-corrected chi connectivity index (χ4v) is 2.82. The Morgan fingerprint density at radius 3 is 2.52 bits per heavy atom. The third-order valence-corrected chi connectivity index (χ3v) is 4.28. The molecule has 2 rings (SSSR count). The number of carbonyl (C=O) groups excluding carboxylic acids is 2. The summed E-state index contributed by atoms with van der Waals surface area (Å²) in [6.07, 6.45) is 8.92. The average molecular weight is 292 g/mol. The molecule has 2 N–H and O–H groups in total. The number of allylic oxidation sites excluding steroid dienone is 1. The standard InChI is InChI=1S/C17H28N2O2/c1-12(2)11-19-17(21)15-10-14(15)16(20)18-9-8-13-6-4-3-5-7-13/h6,12,14-15H,3-5,7-11H2,1-2H3,(H,18,20)(H,19,21). The number of rotatable bonds is 7. The molecule has 4 nitrogen and oxygen atoms in total. The summed E-state index contributed by atoms with van der Waals surface area (Å²) in [7, 11) is 0. The molecule has 2 aliphatic rings. The summed E-state index contributed by atoms with van der Waals surface area (Å²) in [5.74, 6) is 0.342. The second kappa shape index (κ2) is 7.62. The van der Waals surface area contributed by atoms with E-state index in [2.05, 4.69) is 30.6 Å². The minimum absolute atomic E-state index is 0.0406. The average Bonchev–Trinajstić information content (AvgIpc) is 3.26. The highest BCUT2D eigenvalue weighted by atomic mass is 16.2. The van der Waals surface area contributed by atoms with Crippen LogP contribution in [0.25, 0.3) is 0 Å². The van der Waals surface area contributed by atoms with E-state index in [1.807, 2.05) is 0 Å². The number of carbonyl (C=O) groups is 2. The van der Waals surface area contributed by atoms with Crippen molar-refractivity contribution in [2.45, 2.75) is 52.4 Å². The van der Waals surface area contributed by atoms with Crippen LogP contribution in [0, 0.1) is 17.8 Å². The van der Waals surface area contributed by atoms with E-state index in [0.717, 1.165) is 6.42 Å². The van der Waals surface area contributed by atoms with Gasteiger partial charge < -0.3 is 10.6 Å². The third-order valence-electron chi connectivity index (χ3n) is 4.28. The molecule has 2 atom stereocenters. The van der Waals surface area contributed by atoms with Crippen molar-refractivity contribution in [2.75, 3.05) is 13.1 Å². The lowest BCUT2D eigenvalue weighted by atomic mass is 9.97. The van der Waals surface area contributed by atoms with E-state index >= 15 is 0 Å². The van der Waals surface area contributed by atoms with E-state index < -0.39 is 0 Å². The van der Waals surface area contributed by atoms with Crippen LogP contribution in [0.2, 0.25) is 0 Å². The highest BCUT2D eigenvalue weighted by Gasteiger charge is 2.47. The van der Waals surface area contributed by atoms with Gasteiger partial charge in [0.05, 0.1) is 11.8 Å². The van der Waals surface area contributed by atoms with Crippen LogP contribution in [-0.4, -0.2) is 24.9 Å². The Balaban J connectivity index is 1.61. The molecule has 2 amide bonds. The fraction of sp³-hybridized carbons (Fsp3) is 0.765. The Morgan fingerprint density at radius 1 is 1.19 bits per heavy atom. The highest BCUT2D eigenvalue weighted by molar-refractivity contribution is 5.92. The first kappa shape index (κ1) is 16.1. The Labute approximate surface area is 127 Å². The van der Waals surface area contributed by atoms with Crippen LogP contribution in [0.4, 0.5) is 0 Å². The first-order chi connectivity index (χ1) is 10.1. The summed E-state index contributed by atoms with van der Waals surface area (Å²) in [4.78, 5) is 23.8. The summed E-state index contributed by atoms with van der Waals surface area (Å²) in [5.41, 5.74) is 1.48. The predicted octanol–water partition coefficient (Wildman–Crippen LogP) is 2.40. The van der Waals surface area contributed by atoms with Gasteiger partial charge in [0.1, 0.15) is 0 Å². The zero-order valence-electron chi connectivity index (χ0n) is 13.3. The van der Waals surface area contributed by atoms with Crippen LogP contribution in [0.3, 0.4) is 0 Å². The highest BCUT2D eigenvalue weighted by Crippen LogP contribution is 2.38. The van der Waals surface area contributed by atoms with Crippen molar-refractivity contribution >= 4 is 11.8 Å². The molecule has 4 heteroatoms. The molecule has 0 aliphatic heterocycles. The molecule has 0 aromatic carbocycles. The molecular formula is C17H28N2O2. The third kappa shape index (κ3) is 5.18. The summed E-state index contributed by atoms with van der Waals surface area (Å²) in [6, 6.07) is 0. The molecule has 1 saturated carbocycles. The van der Waals surface area contributed by atoms with Gasteiger partial charge in [-0.15, -0.1) is 0 Å². The van der Waals surface area contributed by atoms with E-state index in [9.17, 15) is 9.59 Å². The van der Waals surface area contributed by atoms with Crippen LogP contribution in [0.15, 0.2) is 11.6 Å². The van der Waals surface area contributed by atoms with Crippen LogP contribution in [0.5, 0.6) is 0 Å². The zero-order valence-corrected chi connectivity index (χ0v) is 13.3. The van der Waals surface area contributed by atoms with Gasteiger partial charge in [-0.3, -0.25) is 9.59 Å². The maximum atomic E-state index is 12.0. The van der Waals surface area contributed by atoms with Gasteiger partial charge in [-0.1, -0.05) is 25.5 Å². The molecule has 0 bridgehead atoms. The van der Waals surface area contributed by atoms with Gasteiger partial charge in [0.15, 0.2) is 0 Å². The molecule has 0 spiro atoms. The van der Waals surface area contributed by atoms with Gasteiger partial charge in [-0.05, 0) is 44.4 Å². The van der Waals surface area contributed by atoms with Crippen molar-refractivity contribution in [1.29, 1.82) is 0 Å². The summed E-state index contributed by atoms with van der Waals surface area (Å²) < 4.78 is 0. The van der Waals surface area contributed by atoms with Crippen molar-refractivity contribution in [2.24, 2.45) is 17.8 Å². The molecule has 0 aromatic rings. The largest absolute Gasteiger partial charge is 0.356 e. The lowest BCUT2D eigenvalue weighted by molar-refractivity contribution is -0.127. The van der Waals surface area contributed by atoms with Crippen LogP contribution in [0.1, 0.15) is 52.4 Å². The van der Waals surface area contributed by atoms with Crippen molar-refractivity contribution in [3.8, 4) is 0 Å². The minimum atomic E-state index is -0.0995. The number of hydrogen-bond donors (Lipinski definition) is 2. The van der Waals surface area contributed by atoms with E-state index in [-0.39, 0.29) is 23.7 Å². The normalized spacial score (nSPS) is 24.4. The number of nitrogens with one attached hydrogen (secondary N) is 2. The van der Waals surface area contributed by atoms with Crippen LogP contribution < -0.4 is 10.6 Å². The first-order valence-corrected chi connectivity index (χ1v) is 8.31. The lowest BCUT2D eigenvalue weighted by Crippen LogP contribution is -2.32. The van der Waals surface area contributed by atoms with E-state index in [0.29, 0.717) is 25.4 Å². The Bertz CT molecular complexity index is 415. The summed E-state index contributed by atoms with van der Waals surface area (Å²) >= 11 is 0. The fourth-order valence-electron chi connectivity index (χ4n) is 2.82. The zero-order chi connectivity index (χ0) is 15.2. The minimum Gasteiger partial charge on any atom is -0.356 e. The predicted molar refractivity (Wildman–Crippen MR) is 83.6 cm³/mol. The Morgan fingerprint density at radius 2 is 1.90 bits per heavy atom. The Kier molecular flexibility index (Phi) is 5.83. The number of amides is 2. The monoisotopic (exact) mass is 292 g/mol. The van der Waals surface area contributed by atoms with E-state index in [1.54, 1.807) is 0 Å². The smallest absolute Gasteiger partial charge is 0.223 e. The SMILES string of the molecule is CC(C)CNC(=O)C1CC1C(=O)NCCC1=CCCCC1. The van der Waals surface area contributed by atoms with E-state index in [4.69, 9.17) is 0 Å².